The predicted molar refractivity (Wildman–Crippen MR) is 67.5 cm³/mol. The Morgan fingerprint density at radius 3 is 2.59 bits per heavy atom. The molecule has 1 aromatic carbocycles. The lowest BCUT2D eigenvalue weighted by Crippen LogP contribution is -2.28. The van der Waals surface area contributed by atoms with Gasteiger partial charge in [-0.1, -0.05) is 6.92 Å². The van der Waals surface area contributed by atoms with Crippen molar-refractivity contribution in [1.29, 1.82) is 0 Å². The van der Waals surface area contributed by atoms with Gasteiger partial charge >= 0.3 is 0 Å². The number of nitrogen functional groups attached to an aromatic ring is 1. The van der Waals surface area contributed by atoms with Gasteiger partial charge in [0.05, 0.1) is 7.11 Å². The minimum Gasteiger partial charge on any atom is -0.495 e. The number of hydrogen-bond donors (Lipinski definition) is 1. The van der Waals surface area contributed by atoms with Gasteiger partial charge in [0.1, 0.15) is 10.6 Å². The van der Waals surface area contributed by atoms with Crippen LogP contribution in [-0.4, -0.2) is 33.4 Å². The molecule has 0 amide bonds. The third-order valence-electron chi connectivity index (χ3n) is 2.41. The van der Waals surface area contributed by atoms with Crippen molar-refractivity contribution in [3.63, 3.8) is 0 Å². The molecule has 0 aromatic heterocycles. The van der Waals surface area contributed by atoms with Crippen molar-refractivity contribution in [2.24, 2.45) is 0 Å². The summed E-state index contributed by atoms with van der Waals surface area (Å²) in [4.78, 5) is 0.107. The van der Waals surface area contributed by atoms with Crippen LogP contribution < -0.4 is 10.5 Å². The van der Waals surface area contributed by atoms with E-state index in [2.05, 4.69) is 0 Å². The van der Waals surface area contributed by atoms with E-state index in [0.29, 0.717) is 18.0 Å². The van der Waals surface area contributed by atoms with Gasteiger partial charge in [-0.2, -0.15) is 0 Å². The molecule has 0 aliphatic rings. The topological polar surface area (TPSA) is 72.6 Å². The SMILES string of the molecule is CCCN(C)S(=O)(=O)c1cc(N)ccc1OC. The second-order valence-electron chi connectivity index (χ2n) is 3.74. The van der Waals surface area contributed by atoms with Crippen LogP contribution >= 0.6 is 0 Å². The second-order valence-corrected chi connectivity index (χ2v) is 5.75. The molecule has 0 saturated heterocycles. The summed E-state index contributed by atoms with van der Waals surface area (Å²) in [5.74, 6) is 0.308. The molecule has 0 radical (unpaired) electrons. The number of rotatable bonds is 5. The molecule has 96 valence electrons. The molecule has 0 spiro atoms. The molecule has 0 aliphatic carbocycles. The molecule has 1 rings (SSSR count). The number of nitrogens with two attached hydrogens (primary N) is 1. The van der Waals surface area contributed by atoms with Crippen LogP contribution in [0.15, 0.2) is 23.1 Å². The molecule has 1 aromatic rings. The lowest BCUT2D eigenvalue weighted by Gasteiger charge is -2.18. The Morgan fingerprint density at radius 1 is 1.41 bits per heavy atom. The lowest BCUT2D eigenvalue weighted by molar-refractivity contribution is 0.398. The van der Waals surface area contributed by atoms with Crippen molar-refractivity contribution in [3.8, 4) is 5.75 Å². The molecule has 2 N–H and O–H groups in total. The third kappa shape index (κ3) is 2.89. The fraction of sp³-hybridized carbons (Fsp3) is 0.455. The maximum atomic E-state index is 12.2. The molecule has 5 nitrogen and oxygen atoms in total. The summed E-state index contributed by atoms with van der Waals surface area (Å²) >= 11 is 0. The van der Waals surface area contributed by atoms with Crippen LogP contribution in [0.1, 0.15) is 13.3 Å². The molecule has 0 fully saturated rings. The number of ether oxygens (including phenoxy) is 1. The number of anilines is 1. The lowest BCUT2D eigenvalue weighted by atomic mass is 10.3. The minimum atomic E-state index is -3.54. The van der Waals surface area contributed by atoms with Crippen LogP contribution in [-0.2, 0) is 10.0 Å². The Bertz CT molecular complexity index is 485. The summed E-state index contributed by atoms with van der Waals surface area (Å²) in [6.07, 6.45) is 0.750. The van der Waals surface area contributed by atoms with Crippen LogP contribution in [0, 0.1) is 0 Å². The molecule has 0 aliphatic heterocycles. The zero-order chi connectivity index (χ0) is 13.1. The standard InChI is InChI=1S/C11H18N2O3S/c1-4-7-13(2)17(14,15)11-8-9(12)5-6-10(11)16-3/h5-6,8H,4,7,12H2,1-3H3. The van der Waals surface area contributed by atoms with E-state index in [1.807, 2.05) is 6.92 Å². The Balaban J connectivity index is 3.27. The van der Waals surface area contributed by atoms with E-state index in [1.54, 1.807) is 19.2 Å². The van der Waals surface area contributed by atoms with E-state index in [1.165, 1.54) is 17.5 Å². The number of sulfonamides is 1. The van der Waals surface area contributed by atoms with Crippen LogP contribution in [0.3, 0.4) is 0 Å². The van der Waals surface area contributed by atoms with Gasteiger partial charge < -0.3 is 10.5 Å². The zero-order valence-electron chi connectivity index (χ0n) is 10.3. The molecule has 0 unspecified atom stereocenters. The first-order valence-electron chi connectivity index (χ1n) is 5.33. The van der Waals surface area contributed by atoms with Crippen molar-refractivity contribution in [3.05, 3.63) is 18.2 Å². The molecular formula is C11H18N2O3S. The summed E-state index contributed by atoms with van der Waals surface area (Å²) in [6, 6.07) is 4.58. The highest BCUT2D eigenvalue weighted by molar-refractivity contribution is 7.89. The van der Waals surface area contributed by atoms with Crippen molar-refractivity contribution in [2.75, 3.05) is 26.4 Å². The fourth-order valence-electron chi connectivity index (χ4n) is 1.50. The van der Waals surface area contributed by atoms with E-state index < -0.39 is 10.0 Å². The highest BCUT2D eigenvalue weighted by Gasteiger charge is 2.24. The van der Waals surface area contributed by atoms with E-state index in [9.17, 15) is 8.42 Å². The van der Waals surface area contributed by atoms with Gasteiger partial charge in [0.2, 0.25) is 10.0 Å². The second kappa shape index (κ2) is 5.37. The van der Waals surface area contributed by atoms with E-state index in [4.69, 9.17) is 10.5 Å². The quantitative estimate of drug-likeness (QED) is 0.808. The summed E-state index contributed by atoms with van der Waals surface area (Å²) in [5.41, 5.74) is 6.01. The van der Waals surface area contributed by atoms with Crippen molar-refractivity contribution >= 4 is 15.7 Å². The summed E-state index contributed by atoms with van der Waals surface area (Å²) in [5, 5.41) is 0. The zero-order valence-corrected chi connectivity index (χ0v) is 11.1. The Labute approximate surface area is 102 Å². The van der Waals surface area contributed by atoms with Gasteiger partial charge in [0, 0.05) is 19.3 Å². The average molecular weight is 258 g/mol. The average Bonchev–Trinajstić information content (AvgIpc) is 2.29. The molecular weight excluding hydrogens is 240 g/mol. The maximum Gasteiger partial charge on any atom is 0.246 e. The smallest absolute Gasteiger partial charge is 0.246 e. The molecule has 0 atom stereocenters. The maximum absolute atomic E-state index is 12.2. The van der Waals surface area contributed by atoms with Gasteiger partial charge in [0.25, 0.3) is 0 Å². The normalized spacial score (nSPS) is 11.8. The molecule has 6 heteroatoms. The van der Waals surface area contributed by atoms with Gasteiger partial charge in [-0.15, -0.1) is 0 Å². The largest absolute Gasteiger partial charge is 0.495 e. The van der Waals surface area contributed by atoms with Crippen molar-refractivity contribution < 1.29 is 13.2 Å². The highest BCUT2D eigenvalue weighted by atomic mass is 32.2. The summed E-state index contributed by atoms with van der Waals surface area (Å²) in [6.45, 7) is 2.38. The van der Waals surface area contributed by atoms with Gasteiger partial charge in [-0.3, -0.25) is 0 Å². The molecule has 17 heavy (non-hydrogen) atoms. The number of methoxy groups -OCH3 is 1. The minimum absolute atomic E-state index is 0.107. The van der Waals surface area contributed by atoms with Crippen LogP contribution in [0.5, 0.6) is 5.75 Å². The Kier molecular flexibility index (Phi) is 4.36. The molecule has 0 heterocycles. The number of hydrogen-bond acceptors (Lipinski definition) is 4. The fourth-order valence-corrected chi connectivity index (χ4v) is 2.95. The Hall–Kier alpha value is -1.27. The third-order valence-corrected chi connectivity index (χ3v) is 4.29. The monoisotopic (exact) mass is 258 g/mol. The number of benzene rings is 1. The summed E-state index contributed by atoms with van der Waals surface area (Å²) < 4.78 is 30.8. The van der Waals surface area contributed by atoms with Gasteiger partial charge in [-0.25, -0.2) is 12.7 Å². The first-order valence-corrected chi connectivity index (χ1v) is 6.77. The van der Waals surface area contributed by atoms with Gasteiger partial charge in [0.15, 0.2) is 0 Å². The number of nitrogens with zero attached hydrogens (tertiary/aromatic N) is 1. The molecule has 0 bridgehead atoms. The first kappa shape index (κ1) is 13.8. The van der Waals surface area contributed by atoms with Crippen LogP contribution in [0.4, 0.5) is 5.69 Å². The first-order chi connectivity index (χ1) is 7.93. The van der Waals surface area contributed by atoms with E-state index in [-0.39, 0.29) is 4.90 Å². The summed E-state index contributed by atoms with van der Waals surface area (Å²) in [7, 11) is -0.560. The van der Waals surface area contributed by atoms with Crippen molar-refractivity contribution in [1.82, 2.24) is 4.31 Å². The Morgan fingerprint density at radius 2 is 2.06 bits per heavy atom. The highest BCUT2D eigenvalue weighted by Crippen LogP contribution is 2.28. The van der Waals surface area contributed by atoms with Crippen molar-refractivity contribution in [2.45, 2.75) is 18.2 Å². The predicted octanol–water partition coefficient (Wildman–Crippen LogP) is 1.31. The molecule has 0 saturated carbocycles. The van der Waals surface area contributed by atoms with Crippen LogP contribution in [0.25, 0.3) is 0 Å². The van der Waals surface area contributed by atoms with Crippen LogP contribution in [0.2, 0.25) is 0 Å². The van der Waals surface area contributed by atoms with Gasteiger partial charge in [-0.05, 0) is 24.6 Å². The van der Waals surface area contributed by atoms with E-state index >= 15 is 0 Å². The van der Waals surface area contributed by atoms with E-state index in [0.717, 1.165) is 6.42 Å².